The zero-order chi connectivity index (χ0) is 20.5. The number of aryl methyl sites for hydroxylation is 2. The lowest BCUT2D eigenvalue weighted by molar-refractivity contribution is 0.414. The van der Waals surface area contributed by atoms with E-state index in [9.17, 15) is 16.8 Å². The molecular formula is C19H24N2O5S2. The van der Waals surface area contributed by atoms with Gasteiger partial charge in [-0.3, -0.25) is 9.03 Å². The number of sulfonamides is 2. The van der Waals surface area contributed by atoms with E-state index in [4.69, 9.17) is 4.74 Å². The Morgan fingerprint density at radius 2 is 1.86 bits per heavy atom. The number of nitrogens with one attached hydrogen (secondary N) is 1. The largest absolute Gasteiger partial charge is 0.497 e. The number of nitrogens with zero attached hydrogens (tertiary/aromatic N) is 1. The molecule has 0 atom stereocenters. The van der Waals surface area contributed by atoms with Crippen LogP contribution in [-0.4, -0.2) is 36.2 Å². The third kappa shape index (κ3) is 3.95. The van der Waals surface area contributed by atoms with E-state index in [0.29, 0.717) is 42.1 Å². The van der Waals surface area contributed by atoms with Gasteiger partial charge in [-0.2, -0.15) is 0 Å². The van der Waals surface area contributed by atoms with Crippen LogP contribution in [-0.2, 0) is 26.5 Å². The van der Waals surface area contributed by atoms with E-state index in [0.717, 1.165) is 5.56 Å². The van der Waals surface area contributed by atoms with Crippen LogP contribution in [0.5, 0.6) is 5.75 Å². The number of fused-ring (bicyclic) bond motifs is 1. The van der Waals surface area contributed by atoms with Crippen LogP contribution >= 0.6 is 0 Å². The van der Waals surface area contributed by atoms with Gasteiger partial charge in [0.2, 0.25) is 10.0 Å². The van der Waals surface area contributed by atoms with Crippen molar-refractivity contribution in [3.05, 3.63) is 47.5 Å². The highest BCUT2D eigenvalue weighted by Gasteiger charge is 2.26. The molecule has 0 amide bonds. The fraction of sp³-hybridized carbons (Fsp3) is 0.368. The number of hydrogen-bond donors (Lipinski definition) is 1. The van der Waals surface area contributed by atoms with Gasteiger partial charge in [-0.1, -0.05) is 0 Å². The zero-order valence-corrected chi connectivity index (χ0v) is 17.7. The van der Waals surface area contributed by atoms with Crippen LogP contribution in [0.1, 0.15) is 24.5 Å². The molecule has 0 radical (unpaired) electrons. The summed E-state index contributed by atoms with van der Waals surface area (Å²) in [6.45, 7) is 3.76. The summed E-state index contributed by atoms with van der Waals surface area (Å²) in [4.78, 5) is 0.168. The average Bonchev–Trinajstić information content (AvgIpc) is 2.66. The molecule has 0 aromatic heterocycles. The van der Waals surface area contributed by atoms with Gasteiger partial charge in [0.25, 0.3) is 10.0 Å². The van der Waals surface area contributed by atoms with Gasteiger partial charge in [0.05, 0.1) is 23.4 Å². The van der Waals surface area contributed by atoms with E-state index in [1.54, 1.807) is 44.2 Å². The van der Waals surface area contributed by atoms with E-state index < -0.39 is 20.0 Å². The first-order valence-corrected chi connectivity index (χ1v) is 12.1. The Kier molecular flexibility index (Phi) is 5.58. The minimum absolute atomic E-state index is 0.0254. The van der Waals surface area contributed by atoms with Crippen LogP contribution in [0.15, 0.2) is 41.3 Å². The minimum Gasteiger partial charge on any atom is -0.497 e. The standard InChI is InChI=1S/C19H24N2O5S2/c1-4-27(22,23)21-11-5-6-15-13-16(7-9-18(15)21)20-28(24,25)19-10-8-17(26-3)12-14(19)2/h7-10,12-13,20H,4-6,11H2,1-3H3. The van der Waals surface area contributed by atoms with E-state index in [1.165, 1.54) is 17.5 Å². The molecule has 0 aliphatic carbocycles. The topological polar surface area (TPSA) is 92.8 Å². The molecule has 152 valence electrons. The molecule has 2 aromatic rings. The maximum atomic E-state index is 12.8. The molecule has 0 saturated heterocycles. The van der Waals surface area contributed by atoms with Crippen molar-refractivity contribution in [1.82, 2.24) is 0 Å². The monoisotopic (exact) mass is 424 g/mol. The van der Waals surface area contributed by atoms with Crippen LogP contribution in [0.2, 0.25) is 0 Å². The lowest BCUT2D eigenvalue weighted by Gasteiger charge is -2.30. The first-order chi connectivity index (χ1) is 13.2. The zero-order valence-electron chi connectivity index (χ0n) is 16.1. The fourth-order valence-corrected chi connectivity index (χ4v) is 5.81. The van der Waals surface area contributed by atoms with Crippen molar-refractivity contribution in [3.8, 4) is 5.75 Å². The van der Waals surface area contributed by atoms with Crippen molar-refractivity contribution in [2.75, 3.05) is 28.4 Å². The van der Waals surface area contributed by atoms with Crippen LogP contribution in [0.25, 0.3) is 0 Å². The molecular weight excluding hydrogens is 400 g/mol. The van der Waals surface area contributed by atoms with Gasteiger partial charge in [0, 0.05) is 12.2 Å². The number of anilines is 2. The van der Waals surface area contributed by atoms with Gasteiger partial charge in [-0.25, -0.2) is 16.8 Å². The Hall–Kier alpha value is -2.26. The predicted molar refractivity (Wildman–Crippen MR) is 110 cm³/mol. The van der Waals surface area contributed by atoms with E-state index >= 15 is 0 Å². The highest BCUT2D eigenvalue weighted by molar-refractivity contribution is 7.93. The number of ether oxygens (including phenoxy) is 1. The molecule has 1 aliphatic heterocycles. The van der Waals surface area contributed by atoms with Gasteiger partial charge in [-0.15, -0.1) is 0 Å². The quantitative estimate of drug-likeness (QED) is 0.770. The van der Waals surface area contributed by atoms with E-state index in [-0.39, 0.29) is 10.6 Å². The lowest BCUT2D eigenvalue weighted by Crippen LogP contribution is -2.36. The van der Waals surface area contributed by atoms with E-state index in [2.05, 4.69) is 4.72 Å². The van der Waals surface area contributed by atoms with Gasteiger partial charge in [-0.05, 0) is 74.2 Å². The number of methoxy groups -OCH3 is 1. The SMILES string of the molecule is CCS(=O)(=O)N1CCCc2cc(NS(=O)(=O)c3ccc(OC)cc3C)ccc21. The molecule has 0 saturated carbocycles. The summed E-state index contributed by atoms with van der Waals surface area (Å²) in [5, 5.41) is 0. The molecule has 0 fully saturated rings. The molecule has 1 aliphatic rings. The first-order valence-electron chi connectivity index (χ1n) is 8.99. The van der Waals surface area contributed by atoms with Crippen molar-refractivity contribution >= 4 is 31.4 Å². The normalized spacial score (nSPS) is 14.5. The summed E-state index contributed by atoms with van der Waals surface area (Å²) in [7, 11) is -5.61. The van der Waals surface area contributed by atoms with Crippen molar-refractivity contribution in [2.24, 2.45) is 0 Å². The second-order valence-electron chi connectivity index (χ2n) is 6.66. The summed E-state index contributed by atoms with van der Waals surface area (Å²) in [6, 6.07) is 9.74. The molecule has 0 spiro atoms. The second-order valence-corrected chi connectivity index (χ2v) is 10.5. The van der Waals surface area contributed by atoms with Crippen LogP contribution in [0.3, 0.4) is 0 Å². The van der Waals surface area contributed by atoms with Crippen LogP contribution in [0.4, 0.5) is 11.4 Å². The lowest BCUT2D eigenvalue weighted by atomic mass is 10.0. The molecule has 7 nitrogen and oxygen atoms in total. The molecule has 0 bridgehead atoms. The minimum atomic E-state index is -3.78. The molecule has 1 heterocycles. The Bertz CT molecular complexity index is 1100. The highest BCUT2D eigenvalue weighted by Crippen LogP contribution is 2.32. The van der Waals surface area contributed by atoms with Gasteiger partial charge in [0.1, 0.15) is 5.75 Å². The number of benzene rings is 2. The molecule has 28 heavy (non-hydrogen) atoms. The first kappa shape index (κ1) is 20.5. The Balaban J connectivity index is 1.92. The maximum Gasteiger partial charge on any atom is 0.262 e. The average molecular weight is 425 g/mol. The highest BCUT2D eigenvalue weighted by atomic mass is 32.2. The summed E-state index contributed by atoms with van der Waals surface area (Å²) < 4.78 is 59.4. The Labute approximate surface area is 166 Å². The maximum absolute atomic E-state index is 12.8. The molecule has 0 unspecified atom stereocenters. The van der Waals surface area contributed by atoms with Crippen LogP contribution < -0.4 is 13.8 Å². The van der Waals surface area contributed by atoms with Gasteiger partial charge >= 0.3 is 0 Å². The third-order valence-electron chi connectivity index (χ3n) is 4.78. The molecule has 9 heteroatoms. The van der Waals surface area contributed by atoms with Crippen molar-refractivity contribution in [1.29, 1.82) is 0 Å². The summed E-state index contributed by atoms with van der Waals surface area (Å²) >= 11 is 0. The van der Waals surface area contributed by atoms with Gasteiger partial charge < -0.3 is 4.74 Å². The van der Waals surface area contributed by atoms with Gasteiger partial charge in [0.15, 0.2) is 0 Å². The van der Waals surface area contributed by atoms with Crippen molar-refractivity contribution in [3.63, 3.8) is 0 Å². The Morgan fingerprint density at radius 1 is 1.11 bits per heavy atom. The fourth-order valence-electron chi connectivity index (χ4n) is 3.33. The Morgan fingerprint density at radius 3 is 2.50 bits per heavy atom. The van der Waals surface area contributed by atoms with Crippen LogP contribution in [0, 0.1) is 6.92 Å². The molecule has 1 N–H and O–H groups in total. The smallest absolute Gasteiger partial charge is 0.262 e. The predicted octanol–water partition coefficient (Wildman–Crippen LogP) is 2.91. The van der Waals surface area contributed by atoms with Crippen molar-refractivity contribution in [2.45, 2.75) is 31.6 Å². The number of hydrogen-bond acceptors (Lipinski definition) is 5. The van der Waals surface area contributed by atoms with Crippen molar-refractivity contribution < 1.29 is 21.6 Å². The summed E-state index contributed by atoms with van der Waals surface area (Å²) in [6.07, 6.45) is 1.39. The molecule has 2 aromatic carbocycles. The summed E-state index contributed by atoms with van der Waals surface area (Å²) in [5.74, 6) is 0.611. The number of rotatable bonds is 6. The van der Waals surface area contributed by atoms with E-state index in [1.807, 2.05) is 0 Å². The third-order valence-corrected chi connectivity index (χ3v) is 8.10. The second kappa shape index (κ2) is 7.63. The molecule has 3 rings (SSSR count). The summed E-state index contributed by atoms with van der Waals surface area (Å²) in [5.41, 5.74) is 2.42.